The van der Waals surface area contributed by atoms with E-state index in [-0.39, 0.29) is 0 Å². The van der Waals surface area contributed by atoms with Crippen LogP contribution in [0.4, 0.5) is 22.7 Å². The van der Waals surface area contributed by atoms with E-state index < -0.39 is 11.4 Å². The highest BCUT2D eigenvalue weighted by atomic mass is 16.6. The molecule has 50 heavy (non-hydrogen) atoms. The smallest absolute Gasteiger partial charge is 0.163 e. The maximum Gasteiger partial charge on any atom is 0.163 e. The number of aryl methyl sites for hydroxylation is 2. The fourth-order valence-corrected chi connectivity index (χ4v) is 5.89. The molecule has 0 aromatic heterocycles. The van der Waals surface area contributed by atoms with Crippen LogP contribution in [0.2, 0.25) is 0 Å². The number of allylic oxidation sites excluding steroid dienone is 3. The summed E-state index contributed by atoms with van der Waals surface area (Å²) < 4.78 is 24.1. The van der Waals surface area contributed by atoms with Crippen LogP contribution in [0.5, 0.6) is 11.5 Å². The van der Waals surface area contributed by atoms with E-state index in [4.69, 9.17) is 18.9 Å². The number of anilines is 4. The van der Waals surface area contributed by atoms with E-state index in [1.807, 2.05) is 60.7 Å². The average molecular weight is 671 g/mol. The maximum atomic E-state index is 6.72. The van der Waals surface area contributed by atoms with Crippen LogP contribution >= 0.6 is 0 Å². The van der Waals surface area contributed by atoms with Gasteiger partial charge in [0.2, 0.25) is 0 Å². The van der Waals surface area contributed by atoms with Crippen molar-refractivity contribution in [2.45, 2.75) is 38.1 Å². The molecule has 0 fully saturated rings. The second-order valence-electron chi connectivity index (χ2n) is 12.6. The van der Waals surface area contributed by atoms with Crippen LogP contribution < -0.4 is 30.7 Å². The SMILES string of the molecule is COc1ccc(NC2=CCC(Nc3ccc(OC)cc3)(OCCOC3(Nc4ccc(C)cc4)C=CC=C(Nc4ccc(C)cc4)C3)C=C2)cc1. The van der Waals surface area contributed by atoms with Crippen molar-refractivity contribution in [3.63, 3.8) is 0 Å². The van der Waals surface area contributed by atoms with Gasteiger partial charge in [-0.1, -0.05) is 47.5 Å². The number of hydrogen-bond acceptors (Lipinski definition) is 8. The fraction of sp³-hybridized carbons (Fsp3) is 0.238. The summed E-state index contributed by atoms with van der Waals surface area (Å²) in [6.07, 6.45) is 13.7. The van der Waals surface area contributed by atoms with Crippen molar-refractivity contribution in [2.75, 3.05) is 48.7 Å². The van der Waals surface area contributed by atoms with E-state index in [0.29, 0.717) is 26.1 Å². The van der Waals surface area contributed by atoms with Crippen molar-refractivity contribution < 1.29 is 18.9 Å². The van der Waals surface area contributed by atoms with Crippen molar-refractivity contribution in [2.24, 2.45) is 0 Å². The van der Waals surface area contributed by atoms with Gasteiger partial charge in [-0.25, -0.2) is 0 Å². The minimum absolute atomic E-state index is 0.345. The summed E-state index contributed by atoms with van der Waals surface area (Å²) in [5.41, 5.74) is 6.79. The molecule has 2 unspecified atom stereocenters. The molecule has 258 valence electrons. The van der Waals surface area contributed by atoms with Crippen molar-refractivity contribution in [1.29, 1.82) is 0 Å². The number of benzene rings is 4. The normalized spacial score (nSPS) is 19.6. The van der Waals surface area contributed by atoms with E-state index in [9.17, 15) is 0 Å². The molecule has 0 radical (unpaired) electrons. The van der Waals surface area contributed by atoms with Gasteiger partial charge < -0.3 is 40.2 Å². The molecule has 4 aromatic rings. The van der Waals surface area contributed by atoms with Crippen LogP contribution in [0.15, 0.2) is 145 Å². The molecule has 8 nitrogen and oxygen atoms in total. The number of hydrogen-bond donors (Lipinski definition) is 4. The summed E-state index contributed by atoms with van der Waals surface area (Å²) in [6.45, 7) is 4.87. The van der Waals surface area contributed by atoms with Crippen molar-refractivity contribution in [3.05, 3.63) is 156 Å². The third-order valence-electron chi connectivity index (χ3n) is 8.66. The summed E-state index contributed by atoms with van der Waals surface area (Å²) in [5, 5.41) is 14.3. The highest BCUT2D eigenvalue weighted by Gasteiger charge is 2.33. The van der Waals surface area contributed by atoms with Crippen LogP contribution in [0.3, 0.4) is 0 Å². The molecule has 4 aromatic carbocycles. The van der Waals surface area contributed by atoms with Gasteiger partial charge in [0.25, 0.3) is 0 Å². The van der Waals surface area contributed by atoms with E-state index >= 15 is 0 Å². The zero-order valence-electron chi connectivity index (χ0n) is 29.2. The van der Waals surface area contributed by atoms with Gasteiger partial charge >= 0.3 is 0 Å². The fourth-order valence-electron chi connectivity index (χ4n) is 5.89. The Morgan fingerprint density at radius 2 is 1.08 bits per heavy atom. The predicted molar refractivity (Wildman–Crippen MR) is 204 cm³/mol. The molecule has 0 amide bonds. The first kappa shape index (κ1) is 34.4. The number of nitrogens with one attached hydrogen (secondary N) is 4. The molecule has 6 rings (SSSR count). The monoisotopic (exact) mass is 670 g/mol. The lowest BCUT2D eigenvalue weighted by molar-refractivity contribution is -0.0576. The average Bonchev–Trinajstić information content (AvgIpc) is 3.14. The Kier molecular flexibility index (Phi) is 10.9. The highest BCUT2D eigenvalue weighted by Crippen LogP contribution is 2.32. The third-order valence-corrected chi connectivity index (χ3v) is 8.66. The summed E-state index contributed by atoms with van der Waals surface area (Å²) in [5.74, 6) is 1.61. The molecular weight excluding hydrogens is 624 g/mol. The van der Waals surface area contributed by atoms with Crippen molar-refractivity contribution in [1.82, 2.24) is 0 Å². The van der Waals surface area contributed by atoms with E-state index in [1.54, 1.807) is 14.2 Å². The second-order valence-corrected chi connectivity index (χ2v) is 12.6. The number of ether oxygens (including phenoxy) is 4. The second kappa shape index (κ2) is 15.8. The van der Waals surface area contributed by atoms with E-state index in [0.717, 1.165) is 45.6 Å². The van der Waals surface area contributed by atoms with Gasteiger partial charge in [0.15, 0.2) is 11.4 Å². The standard InChI is InChI=1S/C42H46N4O4/c1-31-7-11-33(12-8-31)44-38-6-5-25-42(30-38,46-36-13-9-32(2)10-14-36)50-29-28-49-41(45-37-17-21-40(48-4)22-18-37)26-23-35(24-27-41)43-34-15-19-39(47-3)20-16-34/h5-26,43-46H,27-30H2,1-4H3. The zero-order chi connectivity index (χ0) is 34.8. The van der Waals surface area contributed by atoms with Gasteiger partial charge in [0, 0.05) is 47.0 Å². The van der Waals surface area contributed by atoms with Crippen LogP contribution in [0.1, 0.15) is 24.0 Å². The Morgan fingerprint density at radius 1 is 0.580 bits per heavy atom. The van der Waals surface area contributed by atoms with Gasteiger partial charge in [0.05, 0.1) is 27.4 Å². The molecule has 0 saturated carbocycles. The highest BCUT2D eigenvalue weighted by molar-refractivity contribution is 5.56. The summed E-state index contributed by atoms with van der Waals surface area (Å²) in [7, 11) is 3.33. The van der Waals surface area contributed by atoms with Gasteiger partial charge in [-0.05, 0) is 111 Å². The summed E-state index contributed by atoms with van der Waals surface area (Å²) in [6, 6.07) is 32.5. The number of methoxy groups -OCH3 is 2. The summed E-state index contributed by atoms with van der Waals surface area (Å²) >= 11 is 0. The lowest BCUT2D eigenvalue weighted by Crippen LogP contribution is -2.44. The molecule has 4 N–H and O–H groups in total. The zero-order valence-corrected chi connectivity index (χ0v) is 29.2. The Morgan fingerprint density at radius 3 is 1.64 bits per heavy atom. The van der Waals surface area contributed by atoms with Crippen molar-refractivity contribution >= 4 is 22.7 Å². The summed E-state index contributed by atoms with van der Waals surface area (Å²) in [4.78, 5) is 0. The van der Waals surface area contributed by atoms with Crippen LogP contribution in [0, 0.1) is 13.8 Å². The van der Waals surface area contributed by atoms with E-state index in [2.05, 4.69) is 108 Å². The van der Waals surface area contributed by atoms with Crippen LogP contribution in [-0.4, -0.2) is 38.9 Å². The largest absolute Gasteiger partial charge is 0.497 e. The van der Waals surface area contributed by atoms with Gasteiger partial charge in [-0.3, -0.25) is 0 Å². The minimum Gasteiger partial charge on any atom is -0.497 e. The van der Waals surface area contributed by atoms with Crippen LogP contribution in [-0.2, 0) is 9.47 Å². The van der Waals surface area contributed by atoms with Gasteiger partial charge in [-0.2, -0.15) is 0 Å². The molecule has 2 aliphatic rings. The maximum absolute atomic E-state index is 6.72. The Balaban J connectivity index is 1.15. The Labute approximate surface area is 295 Å². The molecule has 0 heterocycles. The topological polar surface area (TPSA) is 85.0 Å². The molecule has 0 aliphatic heterocycles. The quantitative estimate of drug-likeness (QED) is 0.0736. The third kappa shape index (κ3) is 9.16. The predicted octanol–water partition coefficient (Wildman–Crippen LogP) is 9.18. The Bertz CT molecular complexity index is 1830. The number of rotatable bonds is 15. The van der Waals surface area contributed by atoms with Gasteiger partial charge in [-0.15, -0.1) is 0 Å². The molecule has 2 atom stereocenters. The lowest BCUT2D eigenvalue weighted by atomic mass is 10.00. The first-order chi connectivity index (χ1) is 24.3. The minimum atomic E-state index is -0.791. The molecule has 2 aliphatic carbocycles. The first-order valence-corrected chi connectivity index (χ1v) is 16.9. The molecule has 0 saturated heterocycles. The lowest BCUT2D eigenvalue weighted by Gasteiger charge is -2.37. The Hall–Kier alpha value is -5.44. The molecule has 0 bridgehead atoms. The van der Waals surface area contributed by atoms with E-state index in [1.165, 1.54) is 11.1 Å². The van der Waals surface area contributed by atoms with Crippen LogP contribution in [0.25, 0.3) is 0 Å². The first-order valence-electron chi connectivity index (χ1n) is 16.9. The van der Waals surface area contributed by atoms with Gasteiger partial charge in [0.1, 0.15) is 11.5 Å². The van der Waals surface area contributed by atoms with Crippen molar-refractivity contribution in [3.8, 4) is 11.5 Å². The molecular formula is C42H46N4O4. The molecule has 8 heteroatoms. The molecule has 0 spiro atoms.